The fourth-order valence-corrected chi connectivity index (χ4v) is 4.81. The first-order chi connectivity index (χ1) is 17.0. The second-order valence-electron chi connectivity index (χ2n) is 8.31. The molecule has 3 heterocycles. The lowest BCUT2D eigenvalue weighted by molar-refractivity contribution is 0.0593. The van der Waals surface area contributed by atoms with Crippen molar-refractivity contribution in [3.63, 3.8) is 0 Å². The van der Waals surface area contributed by atoms with Gasteiger partial charge in [-0.05, 0) is 55.8 Å². The van der Waals surface area contributed by atoms with E-state index in [-0.39, 0.29) is 29.3 Å². The Hall–Kier alpha value is -4.17. The quantitative estimate of drug-likeness (QED) is 0.365. The molecule has 1 N–H and O–H groups in total. The molecule has 5 rings (SSSR count). The van der Waals surface area contributed by atoms with Crippen LogP contribution in [0.15, 0.2) is 72.4 Å². The van der Waals surface area contributed by atoms with Crippen LogP contribution in [0, 0.1) is 0 Å². The van der Waals surface area contributed by atoms with E-state index in [1.165, 1.54) is 22.3 Å². The topological polar surface area (TPSA) is 92.3 Å². The molecule has 0 spiro atoms. The van der Waals surface area contributed by atoms with Crippen LogP contribution in [0.25, 0.3) is 21.8 Å². The van der Waals surface area contributed by atoms with Crippen LogP contribution in [0.4, 0.5) is 5.69 Å². The lowest BCUT2D eigenvalue weighted by atomic mass is 10.0. The molecule has 1 atom stereocenters. The van der Waals surface area contributed by atoms with Crippen LogP contribution in [-0.4, -0.2) is 38.6 Å². The van der Waals surface area contributed by atoms with E-state index in [4.69, 9.17) is 4.98 Å². The second kappa shape index (κ2) is 9.23. The standard InChI is InChI=1S/C27H22N4O3S/c1-3-16(2)31-26(33)21-8-7-19(14-22(21)27(31)34)24(32)29-20-6-4-5-18(13-20)23-15-35-25(30-23)17-9-11-28-12-10-17/h4-16H,3H2,1-2H3,(H,29,32). The lowest BCUT2D eigenvalue weighted by Crippen LogP contribution is -2.37. The Morgan fingerprint density at radius 2 is 1.77 bits per heavy atom. The van der Waals surface area contributed by atoms with Crippen LogP contribution in [0.3, 0.4) is 0 Å². The molecule has 2 aromatic carbocycles. The van der Waals surface area contributed by atoms with Crippen molar-refractivity contribution >= 4 is 34.7 Å². The van der Waals surface area contributed by atoms with Gasteiger partial charge in [0.2, 0.25) is 0 Å². The number of pyridine rings is 1. The van der Waals surface area contributed by atoms with E-state index >= 15 is 0 Å². The largest absolute Gasteiger partial charge is 0.322 e. The summed E-state index contributed by atoms with van der Waals surface area (Å²) in [6, 6.07) is 15.7. The monoisotopic (exact) mass is 482 g/mol. The van der Waals surface area contributed by atoms with Crippen molar-refractivity contribution in [1.82, 2.24) is 14.9 Å². The maximum Gasteiger partial charge on any atom is 0.261 e. The van der Waals surface area contributed by atoms with Gasteiger partial charge in [-0.3, -0.25) is 24.3 Å². The number of thiazole rings is 1. The number of nitrogens with zero attached hydrogens (tertiary/aromatic N) is 3. The molecule has 0 fully saturated rings. The summed E-state index contributed by atoms with van der Waals surface area (Å²) >= 11 is 1.54. The van der Waals surface area contributed by atoms with E-state index in [0.29, 0.717) is 23.2 Å². The number of benzene rings is 2. The van der Waals surface area contributed by atoms with Gasteiger partial charge in [0.25, 0.3) is 17.7 Å². The molecule has 8 heteroatoms. The minimum Gasteiger partial charge on any atom is -0.322 e. The summed E-state index contributed by atoms with van der Waals surface area (Å²) in [4.78, 5) is 48.4. The maximum atomic E-state index is 13.0. The zero-order valence-corrected chi connectivity index (χ0v) is 20.0. The highest BCUT2D eigenvalue weighted by molar-refractivity contribution is 7.13. The fraction of sp³-hybridized carbons (Fsp3) is 0.148. The molecular formula is C27H22N4O3S. The summed E-state index contributed by atoms with van der Waals surface area (Å²) in [5.41, 5.74) is 4.20. The van der Waals surface area contributed by atoms with Crippen molar-refractivity contribution in [2.45, 2.75) is 26.3 Å². The van der Waals surface area contributed by atoms with Crippen molar-refractivity contribution in [3.8, 4) is 21.8 Å². The molecule has 0 saturated carbocycles. The number of fused-ring (bicyclic) bond motifs is 1. The third-order valence-electron chi connectivity index (χ3n) is 6.06. The average molecular weight is 483 g/mol. The number of hydrogen-bond donors (Lipinski definition) is 1. The maximum absolute atomic E-state index is 13.0. The highest BCUT2D eigenvalue weighted by Gasteiger charge is 2.38. The highest BCUT2D eigenvalue weighted by atomic mass is 32.1. The summed E-state index contributed by atoms with van der Waals surface area (Å²) in [5.74, 6) is -1.03. The van der Waals surface area contributed by atoms with Crippen LogP contribution >= 0.6 is 11.3 Å². The molecule has 0 aliphatic carbocycles. The molecule has 0 radical (unpaired) electrons. The number of anilines is 1. The van der Waals surface area contributed by atoms with Gasteiger partial charge in [-0.15, -0.1) is 11.3 Å². The number of carbonyl (C=O) groups is 3. The van der Waals surface area contributed by atoms with E-state index < -0.39 is 0 Å². The molecule has 0 saturated heterocycles. The summed E-state index contributed by atoms with van der Waals surface area (Å²) in [7, 11) is 0. The lowest BCUT2D eigenvalue weighted by Gasteiger charge is -2.20. The van der Waals surface area contributed by atoms with Gasteiger partial charge in [-0.2, -0.15) is 0 Å². The molecule has 1 aliphatic heterocycles. The van der Waals surface area contributed by atoms with Crippen molar-refractivity contribution in [3.05, 3.63) is 89.1 Å². The molecular weight excluding hydrogens is 460 g/mol. The van der Waals surface area contributed by atoms with Gasteiger partial charge in [0, 0.05) is 46.2 Å². The van der Waals surface area contributed by atoms with Crippen molar-refractivity contribution in [1.29, 1.82) is 0 Å². The zero-order valence-electron chi connectivity index (χ0n) is 19.2. The molecule has 1 unspecified atom stereocenters. The van der Waals surface area contributed by atoms with Gasteiger partial charge < -0.3 is 5.32 Å². The van der Waals surface area contributed by atoms with Gasteiger partial charge in [0.1, 0.15) is 5.01 Å². The van der Waals surface area contributed by atoms with Crippen molar-refractivity contribution in [2.24, 2.45) is 0 Å². The number of aromatic nitrogens is 2. The van der Waals surface area contributed by atoms with Crippen LogP contribution in [0.2, 0.25) is 0 Å². The summed E-state index contributed by atoms with van der Waals surface area (Å²) in [6.45, 7) is 3.76. The van der Waals surface area contributed by atoms with Crippen LogP contribution in [-0.2, 0) is 0 Å². The number of nitrogens with one attached hydrogen (secondary N) is 1. The van der Waals surface area contributed by atoms with E-state index in [9.17, 15) is 14.4 Å². The van der Waals surface area contributed by atoms with Crippen molar-refractivity contribution in [2.75, 3.05) is 5.32 Å². The molecule has 174 valence electrons. The fourth-order valence-electron chi connectivity index (χ4n) is 3.98. The van der Waals surface area contributed by atoms with Gasteiger partial charge >= 0.3 is 0 Å². The summed E-state index contributed by atoms with van der Waals surface area (Å²) < 4.78 is 0. The number of imide groups is 1. The minimum atomic E-state index is -0.358. The van der Waals surface area contributed by atoms with Gasteiger partial charge in [0.15, 0.2) is 0 Å². The molecule has 1 aliphatic rings. The normalized spacial score (nSPS) is 13.6. The minimum absolute atomic E-state index is 0.202. The first-order valence-electron chi connectivity index (χ1n) is 11.3. The Bertz CT molecular complexity index is 1450. The number of hydrogen-bond acceptors (Lipinski definition) is 6. The van der Waals surface area contributed by atoms with Crippen LogP contribution in [0.5, 0.6) is 0 Å². The predicted molar refractivity (Wildman–Crippen MR) is 135 cm³/mol. The molecule has 0 bridgehead atoms. The van der Waals surface area contributed by atoms with E-state index in [2.05, 4.69) is 10.3 Å². The van der Waals surface area contributed by atoms with E-state index in [1.54, 1.807) is 30.6 Å². The molecule has 35 heavy (non-hydrogen) atoms. The average Bonchev–Trinajstić information content (AvgIpc) is 3.48. The molecule has 3 amide bonds. The number of rotatable bonds is 6. The number of amides is 3. The molecule has 4 aromatic rings. The predicted octanol–water partition coefficient (Wildman–Crippen LogP) is 5.52. The highest BCUT2D eigenvalue weighted by Crippen LogP contribution is 2.30. The Balaban J connectivity index is 1.35. The third-order valence-corrected chi connectivity index (χ3v) is 6.95. The molecule has 7 nitrogen and oxygen atoms in total. The number of carbonyl (C=O) groups excluding carboxylic acids is 3. The first-order valence-corrected chi connectivity index (χ1v) is 12.1. The van der Waals surface area contributed by atoms with E-state index in [1.807, 2.05) is 49.6 Å². The third kappa shape index (κ3) is 4.24. The van der Waals surface area contributed by atoms with Crippen LogP contribution < -0.4 is 5.32 Å². The van der Waals surface area contributed by atoms with Crippen molar-refractivity contribution < 1.29 is 14.4 Å². The molecule has 2 aromatic heterocycles. The Labute approximate surface area is 206 Å². The Kier molecular flexibility index (Phi) is 5.96. The summed E-state index contributed by atoms with van der Waals surface area (Å²) in [5, 5.41) is 5.75. The van der Waals surface area contributed by atoms with E-state index in [0.717, 1.165) is 21.8 Å². The smallest absolute Gasteiger partial charge is 0.261 e. The van der Waals surface area contributed by atoms with Gasteiger partial charge in [-0.1, -0.05) is 19.1 Å². The van der Waals surface area contributed by atoms with Crippen LogP contribution in [0.1, 0.15) is 51.3 Å². The Morgan fingerprint density at radius 1 is 1.00 bits per heavy atom. The van der Waals surface area contributed by atoms with Gasteiger partial charge in [0.05, 0.1) is 16.8 Å². The van der Waals surface area contributed by atoms with Gasteiger partial charge in [-0.25, -0.2) is 4.98 Å². The second-order valence-corrected chi connectivity index (χ2v) is 9.16. The summed E-state index contributed by atoms with van der Waals surface area (Å²) in [6.07, 6.45) is 4.13. The zero-order chi connectivity index (χ0) is 24.5. The Morgan fingerprint density at radius 3 is 2.54 bits per heavy atom. The SMILES string of the molecule is CCC(C)N1C(=O)c2ccc(C(=O)Nc3cccc(-c4csc(-c5ccncc5)n4)c3)cc2C1=O. The first kappa shape index (κ1) is 22.6.